The zero-order chi connectivity index (χ0) is 21.7. The largest absolute Gasteiger partial charge is 0.350 e. The van der Waals surface area contributed by atoms with Gasteiger partial charge >= 0.3 is 0 Å². The summed E-state index contributed by atoms with van der Waals surface area (Å²) in [6.45, 7) is 4.54. The lowest BCUT2D eigenvalue weighted by Gasteiger charge is -2.25. The molecule has 30 heavy (non-hydrogen) atoms. The monoisotopic (exact) mass is 403 g/mol. The number of pyridine rings is 1. The van der Waals surface area contributed by atoms with Gasteiger partial charge in [0.05, 0.1) is 6.04 Å². The van der Waals surface area contributed by atoms with E-state index in [9.17, 15) is 9.59 Å². The van der Waals surface area contributed by atoms with E-state index in [-0.39, 0.29) is 23.1 Å². The number of carbonyl (C=O) groups is 1. The normalized spacial score (nSPS) is 12.0. The van der Waals surface area contributed by atoms with Crippen LogP contribution in [0.3, 0.4) is 0 Å². The van der Waals surface area contributed by atoms with Crippen molar-refractivity contribution in [2.75, 3.05) is 20.6 Å². The van der Waals surface area contributed by atoms with E-state index in [1.165, 1.54) is 5.56 Å². The Hall–Kier alpha value is -3.18. The van der Waals surface area contributed by atoms with E-state index >= 15 is 0 Å². The van der Waals surface area contributed by atoms with Gasteiger partial charge in [-0.15, -0.1) is 0 Å². The summed E-state index contributed by atoms with van der Waals surface area (Å²) in [7, 11) is 3.96. The van der Waals surface area contributed by atoms with Crippen molar-refractivity contribution in [2.24, 2.45) is 0 Å². The first-order valence-corrected chi connectivity index (χ1v) is 10.2. The lowest BCUT2D eigenvalue weighted by molar-refractivity contribution is 0.0940. The van der Waals surface area contributed by atoms with Crippen LogP contribution in [0.5, 0.6) is 0 Å². The van der Waals surface area contributed by atoms with Crippen molar-refractivity contribution < 1.29 is 4.79 Å². The molecular formula is C25H29N3O2. The van der Waals surface area contributed by atoms with Crippen LogP contribution < -0.4 is 10.9 Å². The molecule has 1 heterocycles. The smallest absolute Gasteiger partial charge is 0.261 e. The van der Waals surface area contributed by atoms with Crippen LogP contribution in [0.4, 0.5) is 0 Å². The number of aromatic amines is 1. The SMILES string of the molecule is CCc1ccc(C(CNC(=O)c2ccc(-c3cccc(C)c3)[nH]c2=O)N(C)C)cc1. The lowest BCUT2D eigenvalue weighted by Crippen LogP contribution is -2.36. The molecule has 1 amide bonds. The molecule has 0 fully saturated rings. The zero-order valence-corrected chi connectivity index (χ0v) is 18.0. The van der Waals surface area contributed by atoms with Crippen molar-refractivity contribution in [3.8, 4) is 11.3 Å². The summed E-state index contributed by atoms with van der Waals surface area (Å²) in [5, 5.41) is 2.92. The number of rotatable bonds is 7. The van der Waals surface area contributed by atoms with Crippen LogP contribution in [0.25, 0.3) is 11.3 Å². The highest BCUT2D eigenvalue weighted by Gasteiger charge is 2.17. The maximum atomic E-state index is 12.7. The van der Waals surface area contributed by atoms with Gasteiger partial charge in [0.1, 0.15) is 5.56 Å². The Morgan fingerprint density at radius 1 is 1.07 bits per heavy atom. The third-order valence-corrected chi connectivity index (χ3v) is 5.34. The standard InChI is InChI=1S/C25H29N3O2/c1-5-18-9-11-19(12-10-18)23(28(3)4)16-26-24(29)21-13-14-22(27-25(21)30)20-8-6-7-17(2)15-20/h6-15,23H,5,16H2,1-4H3,(H,26,29)(H,27,30). The van der Waals surface area contributed by atoms with Crippen LogP contribution in [0.1, 0.15) is 40.0 Å². The molecular weight excluding hydrogens is 374 g/mol. The highest BCUT2D eigenvalue weighted by atomic mass is 16.2. The first kappa shape index (κ1) is 21.5. The number of hydrogen-bond acceptors (Lipinski definition) is 3. The fourth-order valence-electron chi connectivity index (χ4n) is 3.49. The first-order chi connectivity index (χ1) is 14.4. The Bertz CT molecular complexity index is 1070. The van der Waals surface area contributed by atoms with Gasteiger partial charge in [0, 0.05) is 12.2 Å². The molecule has 0 spiro atoms. The summed E-state index contributed by atoms with van der Waals surface area (Å²) in [6, 6.07) is 19.7. The highest BCUT2D eigenvalue weighted by molar-refractivity contribution is 5.94. The number of amides is 1. The molecule has 0 saturated carbocycles. The highest BCUT2D eigenvalue weighted by Crippen LogP contribution is 2.19. The summed E-state index contributed by atoms with van der Waals surface area (Å²) in [5.41, 5.74) is 4.86. The summed E-state index contributed by atoms with van der Waals surface area (Å²) in [5.74, 6) is -0.371. The topological polar surface area (TPSA) is 65.2 Å². The van der Waals surface area contributed by atoms with Crippen molar-refractivity contribution in [1.29, 1.82) is 0 Å². The number of likely N-dealkylation sites (N-methyl/N-ethyl adjacent to an activating group) is 1. The third-order valence-electron chi connectivity index (χ3n) is 5.34. The third kappa shape index (κ3) is 5.05. The minimum absolute atomic E-state index is 0.0190. The van der Waals surface area contributed by atoms with Crippen molar-refractivity contribution in [3.63, 3.8) is 0 Å². The van der Waals surface area contributed by atoms with Gasteiger partial charge in [0.2, 0.25) is 0 Å². The van der Waals surface area contributed by atoms with Crippen molar-refractivity contribution in [2.45, 2.75) is 26.3 Å². The summed E-state index contributed by atoms with van der Waals surface area (Å²) in [6.07, 6.45) is 0.991. The van der Waals surface area contributed by atoms with Gasteiger partial charge in [0.25, 0.3) is 11.5 Å². The Kier molecular flexibility index (Phi) is 6.85. The van der Waals surface area contributed by atoms with Crippen LogP contribution in [-0.4, -0.2) is 36.4 Å². The summed E-state index contributed by atoms with van der Waals surface area (Å²) < 4.78 is 0. The average molecular weight is 404 g/mol. The number of benzene rings is 2. The molecule has 0 radical (unpaired) electrons. The predicted molar refractivity (Wildman–Crippen MR) is 122 cm³/mol. The molecule has 5 nitrogen and oxygen atoms in total. The Labute approximate surface area is 177 Å². The van der Waals surface area contributed by atoms with Crippen LogP contribution in [-0.2, 0) is 6.42 Å². The molecule has 0 aliphatic carbocycles. The fourth-order valence-corrected chi connectivity index (χ4v) is 3.49. The van der Waals surface area contributed by atoms with E-state index < -0.39 is 0 Å². The molecule has 3 rings (SSSR count). The Balaban J connectivity index is 1.73. The molecule has 1 aromatic heterocycles. The van der Waals surface area contributed by atoms with Crippen molar-refractivity contribution in [3.05, 3.63) is 93.3 Å². The van der Waals surface area contributed by atoms with E-state index in [0.717, 1.165) is 23.1 Å². The number of aromatic nitrogens is 1. The van der Waals surface area contributed by atoms with E-state index in [2.05, 4.69) is 46.4 Å². The lowest BCUT2D eigenvalue weighted by atomic mass is 10.0. The molecule has 0 saturated heterocycles. The number of carbonyl (C=O) groups excluding carboxylic acids is 1. The van der Waals surface area contributed by atoms with Crippen molar-refractivity contribution in [1.82, 2.24) is 15.2 Å². The second-order valence-corrected chi connectivity index (χ2v) is 7.77. The molecule has 156 valence electrons. The first-order valence-electron chi connectivity index (χ1n) is 10.2. The van der Waals surface area contributed by atoms with Crippen LogP contribution in [0.15, 0.2) is 65.5 Å². The molecule has 1 unspecified atom stereocenters. The van der Waals surface area contributed by atoms with E-state index in [4.69, 9.17) is 0 Å². The van der Waals surface area contributed by atoms with E-state index in [1.54, 1.807) is 12.1 Å². The van der Waals surface area contributed by atoms with Gasteiger partial charge in [-0.25, -0.2) is 0 Å². The fraction of sp³-hybridized carbons (Fsp3) is 0.280. The van der Waals surface area contributed by atoms with Crippen LogP contribution >= 0.6 is 0 Å². The van der Waals surface area contributed by atoms with Gasteiger partial charge < -0.3 is 15.2 Å². The Morgan fingerprint density at radius 2 is 1.80 bits per heavy atom. The zero-order valence-electron chi connectivity index (χ0n) is 18.0. The molecule has 2 aromatic carbocycles. The molecule has 3 aromatic rings. The number of nitrogens with one attached hydrogen (secondary N) is 2. The Morgan fingerprint density at radius 3 is 2.40 bits per heavy atom. The molecule has 1 atom stereocenters. The predicted octanol–water partition coefficient (Wildman–Crippen LogP) is 3.95. The minimum atomic E-state index is -0.389. The number of H-pyrrole nitrogens is 1. The number of nitrogens with zero attached hydrogens (tertiary/aromatic N) is 1. The van der Waals surface area contributed by atoms with Gasteiger partial charge in [-0.2, -0.15) is 0 Å². The molecule has 5 heteroatoms. The number of hydrogen-bond donors (Lipinski definition) is 2. The van der Waals surface area contributed by atoms with E-state index in [0.29, 0.717) is 12.2 Å². The van der Waals surface area contributed by atoms with Crippen LogP contribution in [0.2, 0.25) is 0 Å². The molecule has 0 aliphatic rings. The quantitative estimate of drug-likeness (QED) is 0.628. The van der Waals surface area contributed by atoms with Crippen LogP contribution in [0, 0.1) is 6.92 Å². The molecule has 0 bridgehead atoms. The minimum Gasteiger partial charge on any atom is -0.350 e. The van der Waals surface area contributed by atoms with Gasteiger partial charge in [-0.05, 0) is 62.3 Å². The molecule has 2 N–H and O–H groups in total. The van der Waals surface area contributed by atoms with Gasteiger partial charge in [-0.1, -0.05) is 55.0 Å². The molecule has 0 aliphatic heterocycles. The van der Waals surface area contributed by atoms with Crippen molar-refractivity contribution >= 4 is 5.91 Å². The van der Waals surface area contributed by atoms with E-state index in [1.807, 2.05) is 45.3 Å². The maximum absolute atomic E-state index is 12.7. The maximum Gasteiger partial charge on any atom is 0.261 e. The van der Waals surface area contributed by atoms with Gasteiger partial charge in [0.15, 0.2) is 0 Å². The summed E-state index contributed by atoms with van der Waals surface area (Å²) >= 11 is 0. The number of aryl methyl sites for hydroxylation is 2. The average Bonchev–Trinajstić information content (AvgIpc) is 2.74. The second kappa shape index (κ2) is 9.55. The summed E-state index contributed by atoms with van der Waals surface area (Å²) in [4.78, 5) is 30.1. The van der Waals surface area contributed by atoms with Gasteiger partial charge in [-0.3, -0.25) is 9.59 Å². The second-order valence-electron chi connectivity index (χ2n) is 7.77.